The first-order valence-corrected chi connectivity index (χ1v) is 7.40. The summed E-state index contributed by atoms with van der Waals surface area (Å²) in [4.78, 5) is 1.38. The van der Waals surface area contributed by atoms with Crippen LogP contribution in [0.25, 0.3) is 10.9 Å². The van der Waals surface area contributed by atoms with Gasteiger partial charge in [0, 0.05) is 22.8 Å². The summed E-state index contributed by atoms with van der Waals surface area (Å²) in [7, 11) is 0. The van der Waals surface area contributed by atoms with Crippen LogP contribution in [-0.4, -0.2) is 16.3 Å². The fourth-order valence-corrected chi connectivity index (χ4v) is 2.99. The summed E-state index contributed by atoms with van der Waals surface area (Å²) >= 11 is 1.80. The van der Waals surface area contributed by atoms with Crippen LogP contribution in [0, 0.1) is 0 Å². The maximum atomic E-state index is 4.43. The van der Waals surface area contributed by atoms with Gasteiger partial charge < -0.3 is 5.32 Å². The first-order valence-electron chi connectivity index (χ1n) is 6.52. The van der Waals surface area contributed by atoms with E-state index in [0.717, 1.165) is 13.1 Å². The quantitative estimate of drug-likeness (QED) is 0.770. The molecule has 0 spiro atoms. The van der Waals surface area contributed by atoms with E-state index in [2.05, 4.69) is 57.7 Å². The molecule has 4 heteroatoms. The molecule has 19 heavy (non-hydrogen) atoms. The summed E-state index contributed by atoms with van der Waals surface area (Å²) < 4.78 is 2.06. The molecule has 1 unspecified atom stereocenters. The zero-order chi connectivity index (χ0) is 13.1. The maximum Gasteiger partial charge on any atom is 0.0682 e. The highest BCUT2D eigenvalue weighted by molar-refractivity contribution is 7.10. The smallest absolute Gasteiger partial charge is 0.0682 e. The summed E-state index contributed by atoms with van der Waals surface area (Å²) in [6.07, 6.45) is 1.93. The molecule has 2 heterocycles. The molecule has 0 saturated heterocycles. The molecule has 1 N–H and O–H groups in total. The van der Waals surface area contributed by atoms with E-state index in [9.17, 15) is 0 Å². The lowest BCUT2D eigenvalue weighted by Gasteiger charge is -2.12. The summed E-state index contributed by atoms with van der Waals surface area (Å²) in [5.41, 5.74) is 1.20. The molecule has 0 aliphatic rings. The first kappa shape index (κ1) is 12.4. The van der Waals surface area contributed by atoms with Crippen molar-refractivity contribution in [3.8, 4) is 0 Å². The number of hydrogen-bond acceptors (Lipinski definition) is 3. The normalized spacial score (nSPS) is 12.9. The number of rotatable bonds is 5. The monoisotopic (exact) mass is 271 g/mol. The molecule has 0 bridgehead atoms. The number of nitrogens with zero attached hydrogens (tertiary/aromatic N) is 2. The molecule has 3 nitrogen and oxygen atoms in total. The second-order valence-corrected chi connectivity index (χ2v) is 5.60. The summed E-state index contributed by atoms with van der Waals surface area (Å²) in [5.74, 6) is 0. The third kappa shape index (κ3) is 2.69. The number of nitrogens with one attached hydrogen (secondary N) is 1. The molecule has 1 atom stereocenters. The van der Waals surface area contributed by atoms with Crippen molar-refractivity contribution >= 4 is 22.2 Å². The molecular formula is C15H17N3S. The van der Waals surface area contributed by atoms with E-state index in [0.29, 0.717) is 6.04 Å². The van der Waals surface area contributed by atoms with Crippen molar-refractivity contribution in [2.45, 2.75) is 19.5 Å². The van der Waals surface area contributed by atoms with Crippen LogP contribution in [0.1, 0.15) is 17.8 Å². The van der Waals surface area contributed by atoms with Gasteiger partial charge in [-0.15, -0.1) is 11.3 Å². The Morgan fingerprint density at radius 3 is 3.00 bits per heavy atom. The molecule has 3 rings (SSSR count). The SMILES string of the molecule is CC(NCCn1ncc2ccccc21)c1cccs1. The average Bonchev–Trinajstić information content (AvgIpc) is 3.08. The largest absolute Gasteiger partial charge is 0.308 e. The van der Waals surface area contributed by atoms with Gasteiger partial charge in [0.25, 0.3) is 0 Å². The van der Waals surface area contributed by atoms with Crippen LogP contribution in [0.3, 0.4) is 0 Å². The molecule has 0 fully saturated rings. The van der Waals surface area contributed by atoms with E-state index in [1.807, 2.05) is 12.3 Å². The van der Waals surface area contributed by atoms with Gasteiger partial charge in [0.2, 0.25) is 0 Å². The van der Waals surface area contributed by atoms with Crippen LogP contribution in [0.2, 0.25) is 0 Å². The van der Waals surface area contributed by atoms with Crippen molar-refractivity contribution in [2.24, 2.45) is 0 Å². The highest BCUT2D eigenvalue weighted by atomic mass is 32.1. The molecule has 98 valence electrons. The Morgan fingerprint density at radius 1 is 1.26 bits per heavy atom. The van der Waals surface area contributed by atoms with Crippen molar-refractivity contribution in [1.82, 2.24) is 15.1 Å². The van der Waals surface area contributed by atoms with Crippen molar-refractivity contribution in [2.75, 3.05) is 6.54 Å². The van der Waals surface area contributed by atoms with Crippen molar-refractivity contribution in [3.63, 3.8) is 0 Å². The van der Waals surface area contributed by atoms with Crippen molar-refractivity contribution in [1.29, 1.82) is 0 Å². The van der Waals surface area contributed by atoms with E-state index < -0.39 is 0 Å². The van der Waals surface area contributed by atoms with Crippen LogP contribution in [-0.2, 0) is 6.54 Å². The zero-order valence-corrected chi connectivity index (χ0v) is 11.7. The van der Waals surface area contributed by atoms with Gasteiger partial charge in [-0.2, -0.15) is 5.10 Å². The zero-order valence-electron chi connectivity index (χ0n) is 10.9. The van der Waals surface area contributed by atoms with Gasteiger partial charge in [-0.3, -0.25) is 4.68 Å². The molecule has 2 aromatic heterocycles. The van der Waals surface area contributed by atoms with Gasteiger partial charge in [0.15, 0.2) is 0 Å². The highest BCUT2D eigenvalue weighted by Crippen LogP contribution is 2.18. The Bertz CT molecular complexity index is 642. The molecule has 0 aliphatic carbocycles. The standard InChI is InChI=1S/C15H17N3S/c1-12(15-7-4-10-19-15)16-8-9-18-14-6-3-2-5-13(14)11-17-18/h2-7,10-12,16H,8-9H2,1H3. The topological polar surface area (TPSA) is 29.9 Å². The van der Waals surface area contributed by atoms with Crippen LogP contribution in [0.15, 0.2) is 48.0 Å². The minimum Gasteiger partial charge on any atom is -0.308 e. The van der Waals surface area contributed by atoms with Crippen LogP contribution in [0.5, 0.6) is 0 Å². The lowest BCUT2D eigenvalue weighted by Crippen LogP contribution is -2.23. The Kier molecular flexibility index (Phi) is 3.62. The van der Waals surface area contributed by atoms with Gasteiger partial charge in [-0.1, -0.05) is 24.3 Å². The fraction of sp³-hybridized carbons (Fsp3) is 0.267. The lowest BCUT2D eigenvalue weighted by atomic mass is 10.2. The predicted molar refractivity (Wildman–Crippen MR) is 80.5 cm³/mol. The van der Waals surface area contributed by atoms with E-state index in [1.54, 1.807) is 11.3 Å². The average molecular weight is 271 g/mol. The Morgan fingerprint density at radius 2 is 2.16 bits per heavy atom. The number of benzene rings is 1. The molecule has 0 saturated carbocycles. The number of fused-ring (bicyclic) bond motifs is 1. The Hall–Kier alpha value is -1.65. The van der Waals surface area contributed by atoms with E-state index in [1.165, 1.54) is 15.8 Å². The fourth-order valence-electron chi connectivity index (χ4n) is 2.23. The third-order valence-electron chi connectivity index (χ3n) is 3.30. The van der Waals surface area contributed by atoms with Gasteiger partial charge in [0.05, 0.1) is 18.3 Å². The van der Waals surface area contributed by atoms with Gasteiger partial charge in [-0.05, 0) is 24.4 Å². The van der Waals surface area contributed by atoms with E-state index in [4.69, 9.17) is 0 Å². The molecule has 0 amide bonds. The van der Waals surface area contributed by atoms with Crippen LogP contribution >= 0.6 is 11.3 Å². The van der Waals surface area contributed by atoms with E-state index in [-0.39, 0.29) is 0 Å². The van der Waals surface area contributed by atoms with Crippen LogP contribution < -0.4 is 5.32 Å². The number of para-hydroxylation sites is 1. The summed E-state index contributed by atoms with van der Waals surface area (Å²) in [6.45, 7) is 4.01. The summed E-state index contributed by atoms with van der Waals surface area (Å²) in [6, 6.07) is 13.0. The number of aromatic nitrogens is 2. The Labute approximate surface area is 116 Å². The van der Waals surface area contributed by atoms with Crippen molar-refractivity contribution in [3.05, 3.63) is 52.9 Å². The third-order valence-corrected chi connectivity index (χ3v) is 4.35. The molecule has 0 aliphatic heterocycles. The van der Waals surface area contributed by atoms with Crippen LogP contribution in [0.4, 0.5) is 0 Å². The minimum absolute atomic E-state index is 0.404. The highest BCUT2D eigenvalue weighted by Gasteiger charge is 2.06. The summed E-state index contributed by atoms with van der Waals surface area (Å²) in [5, 5.41) is 11.3. The van der Waals surface area contributed by atoms with Gasteiger partial charge in [-0.25, -0.2) is 0 Å². The molecular weight excluding hydrogens is 254 g/mol. The van der Waals surface area contributed by atoms with E-state index >= 15 is 0 Å². The second-order valence-electron chi connectivity index (χ2n) is 4.62. The second kappa shape index (κ2) is 5.55. The Balaban J connectivity index is 1.61. The lowest BCUT2D eigenvalue weighted by molar-refractivity contribution is 0.519. The minimum atomic E-state index is 0.404. The van der Waals surface area contributed by atoms with Gasteiger partial charge >= 0.3 is 0 Å². The van der Waals surface area contributed by atoms with Gasteiger partial charge in [0.1, 0.15) is 0 Å². The van der Waals surface area contributed by atoms with Crippen molar-refractivity contribution < 1.29 is 0 Å². The molecule has 3 aromatic rings. The molecule has 1 aromatic carbocycles. The number of thiophene rings is 1. The maximum absolute atomic E-state index is 4.43. The molecule has 0 radical (unpaired) electrons. The number of hydrogen-bond donors (Lipinski definition) is 1. The first-order chi connectivity index (χ1) is 9.34. The predicted octanol–water partition coefficient (Wildman–Crippen LogP) is 3.45.